The molecule has 0 aliphatic rings. The fourth-order valence-electron chi connectivity index (χ4n) is 2.31. The lowest BCUT2D eigenvalue weighted by Gasteiger charge is -2.27. The SMILES string of the molecule is Cc1ccc(F)cc1CN(Cc1ccc(N)cc1)C(C)C. The number of hydrogen-bond donors (Lipinski definition) is 1. The highest BCUT2D eigenvalue weighted by molar-refractivity contribution is 5.39. The third-order valence-corrected chi connectivity index (χ3v) is 3.78. The second-order valence-electron chi connectivity index (χ2n) is 5.81. The Labute approximate surface area is 126 Å². The van der Waals surface area contributed by atoms with Crippen LogP contribution in [0.15, 0.2) is 42.5 Å². The first-order chi connectivity index (χ1) is 9.95. The fourth-order valence-corrected chi connectivity index (χ4v) is 2.31. The number of halogens is 1. The molecule has 0 saturated carbocycles. The summed E-state index contributed by atoms with van der Waals surface area (Å²) < 4.78 is 13.4. The Bertz CT molecular complexity index is 591. The summed E-state index contributed by atoms with van der Waals surface area (Å²) in [5.74, 6) is -0.174. The largest absolute Gasteiger partial charge is 0.399 e. The van der Waals surface area contributed by atoms with E-state index in [9.17, 15) is 4.39 Å². The van der Waals surface area contributed by atoms with Crippen molar-refractivity contribution in [2.24, 2.45) is 0 Å². The van der Waals surface area contributed by atoms with E-state index in [-0.39, 0.29) is 5.82 Å². The highest BCUT2D eigenvalue weighted by Gasteiger charge is 2.12. The summed E-state index contributed by atoms with van der Waals surface area (Å²) in [6.07, 6.45) is 0. The van der Waals surface area contributed by atoms with E-state index in [1.165, 1.54) is 11.6 Å². The van der Waals surface area contributed by atoms with Gasteiger partial charge in [0.25, 0.3) is 0 Å². The molecule has 0 aliphatic heterocycles. The van der Waals surface area contributed by atoms with Crippen LogP contribution >= 0.6 is 0 Å². The van der Waals surface area contributed by atoms with E-state index < -0.39 is 0 Å². The van der Waals surface area contributed by atoms with Crippen LogP contribution in [0.1, 0.15) is 30.5 Å². The van der Waals surface area contributed by atoms with Crippen molar-refractivity contribution in [2.75, 3.05) is 5.73 Å². The molecule has 0 fully saturated rings. The van der Waals surface area contributed by atoms with Crippen LogP contribution in [-0.2, 0) is 13.1 Å². The Morgan fingerprint density at radius 1 is 1.05 bits per heavy atom. The summed E-state index contributed by atoms with van der Waals surface area (Å²) in [6, 6.07) is 13.3. The van der Waals surface area contributed by atoms with E-state index >= 15 is 0 Å². The van der Waals surface area contributed by atoms with Crippen molar-refractivity contribution < 1.29 is 4.39 Å². The normalized spacial score (nSPS) is 11.3. The number of aryl methyl sites for hydroxylation is 1. The maximum atomic E-state index is 13.4. The van der Waals surface area contributed by atoms with E-state index in [1.54, 1.807) is 6.07 Å². The molecule has 0 radical (unpaired) electrons. The van der Waals surface area contributed by atoms with Crippen LogP contribution in [0.25, 0.3) is 0 Å². The molecule has 0 spiro atoms. The molecule has 2 rings (SSSR count). The molecule has 0 unspecified atom stereocenters. The summed E-state index contributed by atoms with van der Waals surface area (Å²) in [6.45, 7) is 7.91. The Balaban J connectivity index is 2.15. The van der Waals surface area contributed by atoms with Gasteiger partial charge >= 0.3 is 0 Å². The Hall–Kier alpha value is -1.87. The molecule has 112 valence electrons. The first-order valence-electron chi connectivity index (χ1n) is 7.29. The molecule has 0 aliphatic carbocycles. The predicted molar refractivity (Wildman–Crippen MR) is 86.4 cm³/mol. The van der Waals surface area contributed by atoms with Crippen molar-refractivity contribution in [3.05, 3.63) is 65.0 Å². The molecule has 0 aromatic heterocycles. The second-order valence-corrected chi connectivity index (χ2v) is 5.81. The van der Waals surface area contributed by atoms with Gasteiger partial charge in [-0.2, -0.15) is 0 Å². The number of hydrogen-bond acceptors (Lipinski definition) is 2. The molecule has 3 heteroatoms. The monoisotopic (exact) mass is 286 g/mol. The van der Waals surface area contributed by atoms with E-state index in [0.29, 0.717) is 6.04 Å². The number of nitrogens with two attached hydrogens (primary N) is 1. The van der Waals surface area contributed by atoms with E-state index in [4.69, 9.17) is 5.73 Å². The summed E-state index contributed by atoms with van der Waals surface area (Å²) in [7, 11) is 0. The first-order valence-corrected chi connectivity index (χ1v) is 7.29. The van der Waals surface area contributed by atoms with Gasteiger partial charge in [-0.3, -0.25) is 4.90 Å². The number of anilines is 1. The molecule has 2 aromatic rings. The molecule has 0 saturated heterocycles. The maximum absolute atomic E-state index is 13.4. The van der Waals surface area contributed by atoms with Crippen LogP contribution in [0, 0.1) is 12.7 Å². The van der Waals surface area contributed by atoms with E-state index in [2.05, 4.69) is 18.7 Å². The van der Waals surface area contributed by atoms with Crippen molar-refractivity contribution in [2.45, 2.75) is 39.9 Å². The van der Waals surface area contributed by atoms with Crippen LogP contribution in [0.4, 0.5) is 10.1 Å². The van der Waals surface area contributed by atoms with Crippen molar-refractivity contribution in [3.63, 3.8) is 0 Å². The molecule has 0 bridgehead atoms. The molecule has 0 amide bonds. The van der Waals surface area contributed by atoms with Gasteiger partial charge in [0, 0.05) is 24.8 Å². The Morgan fingerprint density at radius 3 is 2.33 bits per heavy atom. The molecular formula is C18H23FN2. The van der Waals surface area contributed by atoms with Gasteiger partial charge in [0.1, 0.15) is 5.82 Å². The number of benzene rings is 2. The minimum Gasteiger partial charge on any atom is -0.399 e. The summed E-state index contributed by atoms with van der Waals surface area (Å²) in [5.41, 5.74) is 9.88. The first kappa shape index (κ1) is 15.5. The van der Waals surface area contributed by atoms with Crippen LogP contribution in [0.2, 0.25) is 0 Å². The minimum absolute atomic E-state index is 0.174. The zero-order valence-corrected chi connectivity index (χ0v) is 12.9. The van der Waals surface area contributed by atoms with Crippen LogP contribution in [-0.4, -0.2) is 10.9 Å². The van der Waals surface area contributed by atoms with Crippen molar-refractivity contribution >= 4 is 5.69 Å². The lowest BCUT2D eigenvalue weighted by atomic mass is 10.1. The lowest BCUT2D eigenvalue weighted by Crippen LogP contribution is -2.30. The molecule has 2 aromatic carbocycles. The zero-order valence-electron chi connectivity index (χ0n) is 12.9. The molecule has 21 heavy (non-hydrogen) atoms. The topological polar surface area (TPSA) is 29.3 Å². The quantitative estimate of drug-likeness (QED) is 0.837. The van der Waals surface area contributed by atoms with E-state index in [0.717, 1.165) is 29.9 Å². The third-order valence-electron chi connectivity index (χ3n) is 3.78. The van der Waals surface area contributed by atoms with Crippen molar-refractivity contribution in [1.29, 1.82) is 0 Å². The molecular weight excluding hydrogens is 263 g/mol. The lowest BCUT2D eigenvalue weighted by molar-refractivity contribution is 0.203. The van der Waals surface area contributed by atoms with Gasteiger partial charge in [0.05, 0.1) is 0 Å². The van der Waals surface area contributed by atoms with Gasteiger partial charge in [-0.1, -0.05) is 18.2 Å². The zero-order chi connectivity index (χ0) is 15.4. The van der Waals surface area contributed by atoms with Gasteiger partial charge < -0.3 is 5.73 Å². The summed E-state index contributed by atoms with van der Waals surface area (Å²) >= 11 is 0. The van der Waals surface area contributed by atoms with Crippen molar-refractivity contribution in [3.8, 4) is 0 Å². The standard InChI is InChI=1S/C18H23FN2/c1-13(2)21(11-15-5-8-18(20)9-6-15)12-16-10-17(19)7-4-14(16)3/h4-10,13H,11-12,20H2,1-3H3. The fraction of sp³-hybridized carbons (Fsp3) is 0.333. The molecule has 2 N–H and O–H groups in total. The maximum Gasteiger partial charge on any atom is 0.123 e. The summed E-state index contributed by atoms with van der Waals surface area (Å²) in [4.78, 5) is 2.33. The number of nitrogens with zero attached hydrogens (tertiary/aromatic N) is 1. The highest BCUT2D eigenvalue weighted by atomic mass is 19.1. The molecule has 2 nitrogen and oxygen atoms in total. The highest BCUT2D eigenvalue weighted by Crippen LogP contribution is 2.17. The van der Waals surface area contributed by atoms with Crippen LogP contribution < -0.4 is 5.73 Å². The van der Waals surface area contributed by atoms with Crippen molar-refractivity contribution in [1.82, 2.24) is 4.90 Å². The van der Waals surface area contributed by atoms with Crippen LogP contribution in [0.3, 0.4) is 0 Å². The molecule has 0 heterocycles. The smallest absolute Gasteiger partial charge is 0.123 e. The minimum atomic E-state index is -0.174. The Morgan fingerprint density at radius 2 is 1.71 bits per heavy atom. The average Bonchev–Trinajstić information content (AvgIpc) is 2.44. The average molecular weight is 286 g/mol. The predicted octanol–water partition coefficient (Wildman–Crippen LogP) is 4.13. The van der Waals surface area contributed by atoms with Gasteiger partial charge in [0.15, 0.2) is 0 Å². The number of rotatable bonds is 5. The van der Waals surface area contributed by atoms with E-state index in [1.807, 2.05) is 37.3 Å². The summed E-state index contributed by atoms with van der Waals surface area (Å²) in [5, 5.41) is 0. The van der Waals surface area contributed by atoms with Crippen LogP contribution in [0.5, 0.6) is 0 Å². The van der Waals surface area contributed by atoms with Gasteiger partial charge in [-0.25, -0.2) is 4.39 Å². The van der Waals surface area contributed by atoms with Gasteiger partial charge in [-0.05, 0) is 61.7 Å². The Kier molecular flexibility index (Phi) is 4.97. The second kappa shape index (κ2) is 6.72. The third kappa shape index (κ3) is 4.30. The van der Waals surface area contributed by atoms with Gasteiger partial charge in [-0.15, -0.1) is 0 Å². The molecule has 0 atom stereocenters. The van der Waals surface area contributed by atoms with Gasteiger partial charge in [0.2, 0.25) is 0 Å². The number of nitrogen functional groups attached to an aromatic ring is 1.